The van der Waals surface area contributed by atoms with Gasteiger partial charge in [0.05, 0.1) is 23.8 Å². The first kappa shape index (κ1) is 16.7. The molecule has 0 N–H and O–H groups in total. The molecule has 3 aromatic carbocycles. The first-order valence-electron chi connectivity index (χ1n) is 9.44. The van der Waals surface area contributed by atoms with Gasteiger partial charge < -0.3 is 14.0 Å². The van der Waals surface area contributed by atoms with Crippen molar-refractivity contribution >= 4 is 32.9 Å². The van der Waals surface area contributed by atoms with Gasteiger partial charge in [-0.05, 0) is 53.4 Å². The van der Waals surface area contributed by atoms with Crippen molar-refractivity contribution in [1.82, 2.24) is 4.40 Å². The second kappa shape index (κ2) is 6.31. The number of nitrogens with zero attached hydrogens (tertiary/aromatic N) is 2. The van der Waals surface area contributed by atoms with Crippen LogP contribution in [0.3, 0.4) is 0 Å². The van der Waals surface area contributed by atoms with Crippen molar-refractivity contribution < 1.29 is 4.74 Å². The lowest BCUT2D eigenvalue weighted by Gasteiger charge is -2.15. The summed E-state index contributed by atoms with van der Waals surface area (Å²) in [6, 6.07) is 28.2. The van der Waals surface area contributed by atoms with E-state index >= 15 is 0 Å². The van der Waals surface area contributed by atoms with Crippen LogP contribution in [-0.4, -0.2) is 25.6 Å². The van der Waals surface area contributed by atoms with Crippen LogP contribution in [0.2, 0.25) is 0 Å². The molecule has 0 saturated carbocycles. The number of methoxy groups -OCH3 is 1. The average Bonchev–Trinajstić information content (AvgIpc) is 3.12. The summed E-state index contributed by atoms with van der Waals surface area (Å²) in [7, 11) is 5.84. The second-order valence-electron chi connectivity index (χ2n) is 7.35. The van der Waals surface area contributed by atoms with Crippen LogP contribution in [0.4, 0.5) is 5.69 Å². The topological polar surface area (TPSA) is 16.9 Å². The second-order valence-corrected chi connectivity index (χ2v) is 7.35. The average molecular weight is 366 g/mol. The fourth-order valence-corrected chi connectivity index (χ4v) is 3.99. The predicted octanol–water partition coefficient (Wildman–Crippen LogP) is 5.99. The fourth-order valence-electron chi connectivity index (χ4n) is 3.99. The van der Waals surface area contributed by atoms with Gasteiger partial charge in [-0.25, -0.2) is 0 Å². The van der Waals surface area contributed by atoms with Gasteiger partial charge in [-0.1, -0.05) is 36.4 Å². The molecule has 28 heavy (non-hydrogen) atoms. The largest absolute Gasteiger partial charge is 0.497 e. The lowest BCUT2D eigenvalue weighted by molar-refractivity contribution is 0.415. The zero-order chi connectivity index (χ0) is 19.3. The van der Waals surface area contributed by atoms with Gasteiger partial charge >= 0.3 is 0 Å². The van der Waals surface area contributed by atoms with Crippen molar-refractivity contribution in [2.75, 3.05) is 26.1 Å². The number of hydrogen-bond donors (Lipinski definition) is 0. The van der Waals surface area contributed by atoms with Crippen LogP contribution in [0.25, 0.3) is 38.4 Å². The summed E-state index contributed by atoms with van der Waals surface area (Å²) >= 11 is 0. The molecular weight excluding hydrogens is 344 g/mol. The summed E-state index contributed by atoms with van der Waals surface area (Å²) in [5, 5.41) is 3.68. The molecule has 0 amide bonds. The Labute approximate surface area is 164 Å². The van der Waals surface area contributed by atoms with E-state index in [1.165, 1.54) is 44.1 Å². The summed E-state index contributed by atoms with van der Waals surface area (Å²) in [6.45, 7) is 0. The molecule has 0 radical (unpaired) electrons. The van der Waals surface area contributed by atoms with E-state index in [-0.39, 0.29) is 0 Å². The Kier molecular flexibility index (Phi) is 3.76. The van der Waals surface area contributed by atoms with Gasteiger partial charge in [0.25, 0.3) is 0 Å². The molecule has 2 aromatic heterocycles. The van der Waals surface area contributed by atoms with Crippen molar-refractivity contribution in [2.24, 2.45) is 0 Å². The highest BCUT2D eigenvalue weighted by atomic mass is 16.5. The first-order chi connectivity index (χ1) is 13.7. The quantitative estimate of drug-likeness (QED) is 0.390. The van der Waals surface area contributed by atoms with Gasteiger partial charge in [-0.3, -0.25) is 0 Å². The summed E-state index contributed by atoms with van der Waals surface area (Å²) < 4.78 is 7.81. The Balaban J connectivity index is 1.88. The minimum atomic E-state index is 0.879. The molecule has 0 bridgehead atoms. The van der Waals surface area contributed by atoms with Crippen LogP contribution in [-0.2, 0) is 0 Å². The fraction of sp³-hybridized carbons (Fsp3) is 0.120. The third-order valence-corrected chi connectivity index (χ3v) is 5.46. The standard InChI is InChI=1S/C25H22N2O/c1-26(2)20-10-8-17(9-11-20)24-15-18-6-4-5-7-22(18)25-16-19-14-21(28-3)12-13-23(19)27(24)25/h4-16H,1-3H3. The molecular formula is C25H22N2O. The van der Waals surface area contributed by atoms with Gasteiger partial charge in [-0.2, -0.15) is 0 Å². The van der Waals surface area contributed by atoms with Crippen LogP contribution in [0.15, 0.2) is 78.9 Å². The monoisotopic (exact) mass is 366 g/mol. The third kappa shape index (κ3) is 2.51. The van der Waals surface area contributed by atoms with E-state index < -0.39 is 0 Å². The molecule has 0 atom stereocenters. The summed E-state index contributed by atoms with van der Waals surface area (Å²) in [5.74, 6) is 0.879. The normalized spacial score (nSPS) is 11.4. The third-order valence-electron chi connectivity index (χ3n) is 5.46. The molecule has 5 aromatic rings. The molecule has 3 heteroatoms. The lowest BCUT2D eigenvalue weighted by Crippen LogP contribution is -2.08. The van der Waals surface area contributed by atoms with E-state index in [1.807, 2.05) is 6.07 Å². The maximum Gasteiger partial charge on any atom is 0.119 e. The molecule has 0 unspecified atom stereocenters. The molecule has 138 valence electrons. The van der Waals surface area contributed by atoms with E-state index in [0.717, 1.165) is 5.75 Å². The maximum atomic E-state index is 5.44. The zero-order valence-electron chi connectivity index (χ0n) is 16.3. The van der Waals surface area contributed by atoms with Crippen molar-refractivity contribution in [1.29, 1.82) is 0 Å². The van der Waals surface area contributed by atoms with Gasteiger partial charge in [0.1, 0.15) is 5.75 Å². The summed E-state index contributed by atoms with van der Waals surface area (Å²) in [6.07, 6.45) is 0. The Morgan fingerprint density at radius 2 is 1.54 bits per heavy atom. The molecule has 5 rings (SSSR count). The number of benzene rings is 3. The zero-order valence-corrected chi connectivity index (χ0v) is 16.3. The molecule has 0 saturated heterocycles. The van der Waals surface area contributed by atoms with Gasteiger partial charge in [0.2, 0.25) is 0 Å². The first-order valence-corrected chi connectivity index (χ1v) is 9.44. The van der Waals surface area contributed by atoms with E-state index in [4.69, 9.17) is 4.74 Å². The molecule has 0 aliphatic heterocycles. The maximum absolute atomic E-state index is 5.44. The lowest BCUT2D eigenvalue weighted by atomic mass is 10.1. The minimum absolute atomic E-state index is 0.879. The SMILES string of the molecule is COc1ccc2c(c1)cc1c3ccccc3cc(-c3ccc(N(C)C)cc3)n21. The van der Waals surface area contributed by atoms with Crippen molar-refractivity contribution in [2.45, 2.75) is 0 Å². The summed E-state index contributed by atoms with van der Waals surface area (Å²) in [5.41, 5.74) is 6.00. The highest BCUT2D eigenvalue weighted by Gasteiger charge is 2.13. The molecule has 3 nitrogen and oxygen atoms in total. The Hall–Kier alpha value is -3.46. The van der Waals surface area contributed by atoms with Gasteiger partial charge in [0, 0.05) is 30.6 Å². The number of ether oxygens (including phenoxy) is 1. The number of anilines is 1. The van der Waals surface area contributed by atoms with Crippen LogP contribution in [0.5, 0.6) is 5.75 Å². The highest BCUT2D eigenvalue weighted by Crippen LogP contribution is 2.35. The van der Waals surface area contributed by atoms with Crippen LogP contribution < -0.4 is 9.64 Å². The van der Waals surface area contributed by atoms with Crippen molar-refractivity contribution in [3.63, 3.8) is 0 Å². The van der Waals surface area contributed by atoms with E-state index in [9.17, 15) is 0 Å². The summed E-state index contributed by atoms with van der Waals surface area (Å²) in [4.78, 5) is 2.12. The van der Waals surface area contributed by atoms with Gasteiger partial charge in [-0.15, -0.1) is 0 Å². The number of rotatable bonds is 3. The molecule has 2 heterocycles. The van der Waals surface area contributed by atoms with Crippen molar-refractivity contribution in [3.8, 4) is 17.0 Å². The van der Waals surface area contributed by atoms with Crippen LogP contribution >= 0.6 is 0 Å². The highest BCUT2D eigenvalue weighted by molar-refractivity contribution is 6.05. The molecule has 0 aliphatic rings. The van der Waals surface area contributed by atoms with Gasteiger partial charge in [0.15, 0.2) is 0 Å². The number of hydrogen-bond acceptors (Lipinski definition) is 2. The van der Waals surface area contributed by atoms with Crippen molar-refractivity contribution in [3.05, 3.63) is 78.9 Å². The Morgan fingerprint density at radius 3 is 2.29 bits per heavy atom. The molecule has 0 aliphatic carbocycles. The minimum Gasteiger partial charge on any atom is -0.497 e. The van der Waals surface area contributed by atoms with Crippen LogP contribution in [0, 0.1) is 0 Å². The number of aromatic nitrogens is 1. The van der Waals surface area contributed by atoms with E-state index in [1.54, 1.807) is 7.11 Å². The molecule has 0 fully saturated rings. The van der Waals surface area contributed by atoms with E-state index in [0.29, 0.717) is 0 Å². The number of pyridine rings is 1. The Morgan fingerprint density at radius 1 is 0.750 bits per heavy atom. The molecule has 0 spiro atoms. The van der Waals surface area contributed by atoms with Crippen LogP contribution in [0.1, 0.15) is 0 Å². The predicted molar refractivity (Wildman–Crippen MR) is 119 cm³/mol. The van der Waals surface area contributed by atoms with E-state index in [2.05, 4.69) is 96.2 Å². The Bertz CT molecular complexity index is 1310. The number of fused-ring (bicyclic) bond motifs is 5. The smallest absolute Gasteiger partial charge is 0.119 e.